The van der Waals surface area contributed by atoms with Crippen molar-refractivity contribution in [2.45, 2.75) is 58.8 Å². The van der Waals surface area contributed by atoms with Crippen LogP contribution < -0.4 is 0 Å². The second kappa shape index (κ2) is 8.08. The summed E-state index contributed by atoms with van der Waals surface area (Å²) in [7, 11) is 0. The minimum atomic E-state index is 0.0742. The first-order chi connectivity index (χ1) is 6.37. The summed E-state index contributed by atoms with van der Waals surface area (Å²) in [5.41, 5.74) is 0. The summed E-state index contributed by atoms with van der Waals surface area (Å²) in [5, 5.41) is 0. The highest BCUT2D eigenvalue weighted by atomic mass is 79.9. The van der Waals surface area contributed by atoms with Crippen molar-refractivity contribution in [3.05, 3.63) is 0 Å². The molecule has 2 unspecified atom stereocenters. The average molecular weight is 458 g/mol. The van der Waals surface area contributed by atoms with E-state index in [0.717, 1.165) is 12.8 Å². The molecule has 0 bridgehead atoms. The van der Waals surface area contributed by atoms with Gasteiger partial charge in [0.15, 0.2) is 0 Å². The van der Waals surface area contributed by atoms with Crippen molar-refractivity contribution < 1.29 is 0 Å². The SMILES string of the molecule is CCCCC(Br)CC(Br)(Br)CC(C)Br. The zero-order chi connectivity index (χ0) is 11.2. The lowest BCUT2D eigenvalue weighted by atomic mass is 10.1. The number of hydrogen-bond donors (Lipinski definition) is 0. The van der Waals surface area contributed by atoms with Gasteiger partial charge in [0.2, 0.25) is 0 Å². The highest BCUT2D eigenvalue weighted by molar-refractivity contribution is 9.25. The van der Waals surface area contributed by atoms with Gasteiger partial charge in [-0.05, 0) is 19.3 Å². The van der Waals surface area contributed by atoms with Gasteiger partial charge in [0.05, 0.1) is 3.23 Å². The van der Waals surface area contributed by atoms with E-state index in [9.17, 15) is 0 Å². The van der Waals surface area contributed by atoms with Crippen LogP contribution in [-0.4, -0.2) is 12.9 Å². The molecule has 14 heavy (non-hydrogen) atoms. The Kier molecular flexibility index (Phi) is 9.18. The second-order valence-corrected chi connectivity index (χ2v) is 10.7. The topological polar surface area (TPSA) is 0 Å². The third-order valence-corrected chi connectivity index (χ3v) is 4.37. The molecule has 0 heterocycles. The molecular formula is C10H18Br4. The third kappa shape index (κ3) is 9.17. The second-order valence-electron chi connectivity index (χ2n) is 3.78. The zero-order valence-electron chi connectivity index (χ0n) is 8.70. The maximum absolute atomic E-state index is 3.73. The summed E-state index contributed by atoms with van der Waals surface area (Å²) >= 11 is 14.8. The van der Waals surface area contributed by atoms with Gasteiger partial charge >= 0.3 is 0 Å². The van der Waals surface area contributed by atoms with Crippen molar-refractivity contribution in [3.63, 3.8) is 0 Å². The number of hydrogen-bond acceptors (Lipinski definition) is 0. The van der Waals surface area contributed by atoms with E-state index >= 15 is 0 Å². The van der Waals surface area contributed by atoms with Crippen molar-refractivity contribution >= 4 is 63.7 Å². The maximum atomic E-state index is 3.73. The van der Waals surface area contributed by atoms with E-state index in [-0.39, 0.29) is 3.23 Å². The maximum Gasteiger partial charge on any atom is 0.0826 e. The Hall–Kier alpha value is 1.92. The molecule has 0 N–H and O–H groups in total. The van der Waals surface area contributed by atoms with Crippen LogP contribution in [0, 0.1) is 0 Å². The van der Waals surface area contributed by atoms with Gasteiger partial charge in [-0.3, -0.25) is 0 Å². The molecule has 0 rings (SSSR count). The van der Waals surface area contributed by atoms with Crippen LogP contribution in [0.3, 0.4) is 0 Å². The van der Waals surface area contributed by atoms with Gasteiger partial charge in [-0.1, -0.05) is 90.4 Å². The van der Waals surface area contributed by atoms with Crippen LogP contribution in [0.15, 0.2) is 0 Å². The fourth-order valence-electron chi connectivity index (χ4n) is 1.35. The van der Waals surface area contributed by atoms with Crippen molar-refractivity contribution in [2.24, 2.45) is 0 Å². The molecule has 0 nitrogen and oxygen atoms in total. The monoisotopic (exact) mass is 454 g/mol. The minimum Gasteiger partial charge on any atom is -0.0893 e. The van der Waals surface area contributed by atoms with E-state index < -0.39 is 0 Å². The first-order valence-corrected chi connectivity index (χ1v) is 8.45. The van der Waals surface area contributed by atoms with Gasteiger partial charge < -0.3 is 0 Å². The molecule has 2 atom stereocenters. The highest BCUT2D eigenvalue weighted by Gasteiger charge is 2.27. The fraction of sp³-hybridized carbons (Fsp3) is 1.00. The normalized spacial score (nSPS) is 16.7. The Morgan fingerprint density at radius 2 is 1.71 bits per heavy atom. The van der Waals surface area contributed by atoms with Crippen molar-refractivity contribution in [2.75, 3.05) is 0 Å². The van der Waals surface area contributed by atoms with E-state index in [4.69, 9.17) is 0 Å². The third-order valence-electron chi connectivity index (χ3n) is 1.97. The molecule has 0 aromatic carbocycles. The molecule has 4 heteroatoms. The molecule has 0 aliphatic heterocycles. The molecule has 0 aromatic heterocycles. The van der Waals surface area contributed by atoms with Crippen molar-refractivity contribution in [1.82, 2.24) is 0 Å². The van der Waals surface area contributed by atoms with Crippen LogP contribution >= 0.6 is 63.7 Å². The molecule has 0 aliphatic rings. The molecule has 0 aromatic rings. The molecule has 0 saturated carbocycles. The minimum absolute atomic E-state index is 0.0742. The Morgan fingerprint density at radius 3 is 2.14 bits per heavy atom. The summed E-state index contributed by atoms with van der Waals surface area (Å²) in [4.78, 5) is 1.14. The lowest BCUT2D eigenvalue weighted by Gasteiger charge is -2.24. The van der Waals surface area contributed by atoms with E-state index in [0.29, 0.717) is 9.65 Å². The van der Waals surface area contributed by atoms with E-state index in [1.54, 1.807) is 0 Å². The van der Waals surface area contributed by atoms with Gasteiger partial charge in [-0.2, -0.15) is 0 Å². The van der Waals surface area contributed by atoms with Gasteiger partial charge in [-0.25, -0.2) is 0 Å². The van der Waals surface area contributed by atoms with Crippen LogP contribution in [0.25, 0.3) is 0 Å². The fourth-order valence-corrected chi connectivity index (χ4v) is 6.27. The van der Waals surface area contributed by atoms with E-state index in [2.05, 4.69) is 77.6 Å². The Labute approximate surface area is 121 Å². The van der Waals surface area contributed by atoms with Crippen LogP contribution in [0.4, 0.5) is 0 Å². The van der Waals surface area contributed by atoms with Crippen LogP contribution in [0.1, 0.15) is 46.0 Å². The first kappa shape index (κ1) is 15.9. The predicted molar refractivity (Wildman–Crippen MR) is 80.4 cm³/mol. The number of rotatable bonds is 7. The van der Waals surface area contributed by atoms with Crippen LogP contribution in [0.2, 0.25) is 0 Å². The Bertz CT molecular complexity index is 145. The summed E-state index contributed by atoms with van der Waals surface area (Å²) in [5.74, 6) is 0. The Balaban J connectivity index is 3.82. The quantitative estimate of drug-likeness (QED) is 0.412. The van der Waals surface area contributed by atoms with Crippen molar-refractivity contribution in [1.29, 1.82) is 0 Å². The standard InChI is InChI=1S/C10H18Br4/c1-3-4-5-9(12)7-10(13,14)6-8(2)11/h8-9H,3-7H2,1-2H3. The van der Waals surface area contributed by atoms with Gasteiger partial charge in [0.1, 0.15) is 0 Å². The molecule has 0 saturated heterocycles. The number of alkyl halides is 4. The predicted octanol–water partition coefficient (Wildman–Crippen LogP) is 5.99. The van der Waals surface area contributed by atoms with Crippen LogP contribution in [-0.2, 0) is 0 Å². The molecular weight excluding hydrogens is 440 g/mol. The van der Waals surface area contributed by atoms with Crippen LogP contribution in [0.5, 0.6) is 0 Å². The average Bonchev–Trinajstić information content (AvgIpc) is 1.96. The Morgan fingerprint density at radius 1 is 1.14 bits per heavy atom. The zero-order valence-corrected chi connectivity index (χ0v) is 15.0. The lowest BCUT2D eigenvalue weighted by molar-refractivity contribution is 0.607. The van der Waals surface area contributed by atoms with Gasteiger partial charge in [-0.15, -0.1) is 0 Å². The molecule has 0 aliphatic carbocycles. The van der Waals surface area contributed by atoms with Gasteiger partial charge in [0.25, 0.3) is 0 Å². The van der Waals surface area contributed by atoms with E-state index in [1.807, 2.05) is 0 Å². The van der Waals surface area contributed by atoms with E-state index in [1.165, 1.54) is 19.3 Å². The molecule has 0 radical (unpaired) electrons. The number of unbranched alkanes of at least 4 members (excludes halogenated alkanes) is 1. The number of halogens is 4. The molecule has 0 amide bonds. The largest absolute Gasteiger partial charge is 0.0893 e. The summed E-state index contributed by atoms with van der Waals surface area (Å²) in [6.45, 7) is 4.41. The first-order valence-electron chi connectivity index (χ1n) is 5.03. The molecule has 0 spiro atoms. The highest BCUT2D eigenvalue weighted by Crippen LogP contribution is 2.40. The van der Waals surface area contributed by atoms with Gasteiger partial charge in [0, 0.05) is 9.65 Å². The summed E-state index contributed by atoms with van der Waals surface area (Å²) < 4.78 is 0.0742. The lowest BCUT2D eigenvalue weighted by Crippen LogP contribution is -2.20. The molecule has 0 fully saturated rings. The molecule has 86 valence electrons. The summed E-state index contributed by atoms with van der Waals surface area (Å²) in [6.07, 6.45) is 6.03. The smallest absolute Gasteiger partial charge is 0.0826 e. The van der Waals surface area contributed by atoms with Crippen molar-refractivity contribution in [3.8, 4) is 0 Å². The summed E-state index contributed by atoms with van der Waals surface area (Å²) in [6, 6.07) is 0.